The second-order valence-electron chi connectivity index (χ2n) is 4.31. The van der Waals surface area contributed by atoms with Crippen molar-refractivity contribution in [3.63, 3.8) is 0 Å². The number of benzene rings is 2. The van der Waals surface area contributed by atoms with Gasteiger partial charge in [-0.15, -0.1) is 0 Å². The molecule has 0 fully saturated rings. The van der Waals surface area contributed by atoms with Crippen LogP contribution < -0.4 is 4.74 Å². The minimum atomic E-state index is 0.126. The number of carbonyl (C=O) groups is 1. The summed E-state index contributed by atoms with van der Waals surface area (Å²) >= 11 is 0. The Morgan fingerprint density at radius 1 is 1.00 bits per heavy atom. The van der Waals surface area contributed by atoms with E-state index in [1.165, 1.54) is 5.56 Å². The lowest BCUT2D eigenvalue weighted by Gasteiger charge is -2.04. The predicted octanol–water partition coefficient (Wildman–Crippen LogP) is 3.43. The summed E-state index contributed by atoms with van der Waals surface area (Å²) in [5.74, 6) is 0.892. The van der Waals surface area contributed by atoms with E-state index in [1.54, 1.807) is 19.2 Å². The Morgan fingerprint density at radius 3 is 2.17 bits per heavy atom. The van der Waals surface area contributed by atoms with E-state index in [0.717, 1.165) is 16.9 Å². The van der Waals surface area contributed by atoms with Gasteiger partial charge in [0.15, 0.2) is 5.78 Å². The highest BCUT2D eigenvalue weighted by molar-refractivity contribution is 5.97. The number of carbonyl (C=O) groups excluding carboxylic acids is 1. The number of aryl methyl sites for hydroxylation is 1. The van der Waals surface area contributed by atoms with Crippen molar-refractivity contribution in [2.24, 2.45) is 0 Å². The number of methoxy groups -OCH3 is 1. The van der Waals surface area contributed by atoms with Gasteiger partial charge in [-0.2, -0.15) is 0 Å². The van der Waals surface area contributed by atoms with E-state index in [1.807, 2.05) is 43.3 Å². The number of rotatable bonds is 4. The maximum atomic E-state index is 12.1. The van der Waals surface area contributed by atoms with Crippen LogP contribution in [0.3, 0.4) is 0 Å². The summed E-state index contributed by atoms with van der Waals surface area (Å²) in [6, 6.07) is 15.3. The molecule has 0 unspecified atom stereocenters. The van der Waals surface area contributed by atoms with Crippen molar-refractivity contribution in [1.29, 1.82) is 0 Å². The fourth-order valence-corrected chi connectivity index (χ4v) is 1.77. The van der Waals surface area contributed by atoms with Crippen LogP contribution >= 0.6 is 0 Å². The fraction of sp³-hybridized carbons (Fsp3) is 0.188. The summed E-state index contributed by atoms with van der Waals surface area (Å²) in [6.07, 6.45) is 0.437. The highest BCUT2D eigenvalue weighted by Gasteiger charge is 2.06. The van der Waals surface area contributed by atoms with Gasteiger partial charge in [0.25, 0.3) is 0 Å². The van der Waals surface area contributed by atoms with Crippen LogP contribution in [0.1, 0.15) is 21.5 Å². The quantitative estimate of drug-likeness (QED) is 0.765. The molecule has 0 saturated carbocycles. The average Bonchev–Trinajstić information content (AvgIpc) is 2.41. The smallest absolute Gasteiger partial charge is 0.167 e. The molecule has 0 atom stereocenters. The van der Waals surface area contributed by atoms with E-state index in [0.29, 0.717) is 6.42 Å². The second kappa shape index (κ2) is 5.50. The summed E-state index contributed by atoms with van der Waals surface area (Å²) in [5.41, 5.74) is 2.97. The standard InChI is InChI=1S/C16H16O2/c1-12-3-5-13(6-4-12)11-16(17)14-7-9-15(18-2)10-8-14/h3-10H,11H2,1-2H3. The number of hydrogen-bond acceptors (Lipinski definition) is 2. The highest BCUT2D eigenvalue weighted by atomic mass is 16.5. The largest absolute Gasteiger partial charge is 0.497 e. The van der Waals surface area contributed by atoms with E-state index in [2.05, 4.69) is 0 Å². The molecule has 2 nitrogen and oxygen atoms in total. The molecule has 18 heavy (non-hydrogen) atoms. The zero-order valence-corrected chi connectivity index (χ0v) is 10.6. The lowest BCUT2D eigenvalue weighted by Crippen LogP contribution is -2.03. The highest BCUT2D eigenvalue weighted by Crippen LogP contribution is 2.14. The van der Waals surface area contributed by atoms with Gasteiger partial charge in [0, 0.05) is 12.0 Å². The van der Waals surface area contributed by atoms with Gasteiger partial charge in [0.2, 0.25) is 0 Å². The van der Waals surface area contributed by atoms with Crippen molar-refractivity contribution in [3.8, 4) is 5.75 Å². The van der Waals surface area contributed by atoms with Gasteiger partial charge >= 0.3 is 0 Å². The molecular weight excluding hydrogens is 224 g/mol. The first-order valence-electron chi connectivity index (χ1n) is 5.92. The topological polar surface area (TPSA) is 26.3 Å². The Bertz CT molecular complexity index is 524. The van der Waals surface area contributed by atoms with Crippen LogP contribution in [-0.2, 0) is 6.42 Å². The third-order valence-corrected chi connectivity index (χ3v) is 2.90. The van der Waals surface area contributed by atoms with Gasteiger partial charge in [-0.1, -0.05) is 29.8 Å². The monoisotopic (exact) mass is 240 g/mol. The van der Waals surface area contributed by atoms with E-state index in [9.17, 15) is 4.79 Å². The van der Waals surface area contributed by atoms with Gasteiger partial charge in [-0.25, -0.2) is 0 Å². The molecule has 2 rings (SSSR count). The van der Waals surface area contributed by atoms with Crippen molar-refractivity contribution >= 4 is 5.78 Å². The first kappa shape index (κ1) is 12.4. The number of Topliss-reactive ketones (excluding diaryl/α,β-unsaturated/α-hetero) is 1. The molecule has 0 aliphatic carbocycles. The Hall–Kier alpha value is -2.09. The molecule has 0 saturated heterocycles. The number of ether oxygens (including phenoxy) is 1. The fourth-order valence-electron chi connectivity index (χ4n) is 1.77. The molecule has 0 amide bonds. The van der Waals surface area contributed by atoms with E-state index in [4.69, 9.17) is 4.74 Å². The van der Waals surface area contributed by atoms with Gasteiger partial charge < -0.3 is 4.74 Å². The normalized spacial score (nSPS) is 10.1. The van der Waals surface area contributed by atoms with Gasteiger partial charge in [-0.05, 0) is 36.8 Å². The zero-order valence-electron chi connectivity index (χ0n) is 10.6. The van der Waals surface area contributed by atoms with Gasteiger partial charge in [0.05, 0.1) is 7.11 Å². The Labute approximate surface area is 107 Å². The lowest BCUT2D eigenvalue weighted by atomic mass is 10.0. The van der Waals surface area contributed by atoms with Gasteiger partial charge in [0.1, 0.15) is 5.75 Å². The van der Waals surface area contributed by atoms with Crippen molar-refractivity contribution < 1.29 is 9.53 Å². The van der Waals surface area contributed by atoms with Crippen molar-refractivity contribution in [2.45, 2.75) is 13.3 Å². The molecule has 2 heteroatoms. The third kappa shape index (κ3) is 2.98. The summed E-state index contributed by atoms with van der Waals surface area (Å²) in [6.45, 7) is 2.04. The van der Waals surface area contributed by atoms with E-state index >= 15 is 0 Å². The molecular formula is C16H16O2. The molecule has 0 spiro atoms. The molecule has 2 aromatic carbocycles. The molecule has 0 radical (unpaired) electrons. The van der Waals surface area contributed by atoms with Crippen molar-refractivity contribution in [2.75, 3.05) is 7.11 Å². The Balaban J connectivity index is 2.09. The molecule has 2 aromatic rings. The van der Waals surface area contributed by atoms with Crippen LogP contribution in [0.15, 0.2) is 48.5 Å². The first-order valence-corrected chi connectivity index (χ1v) is 5.92. The second-order valence-corrected chi connectivity index (χ2v) is 4.31. The minimum Gasteiger partial charge on any atom is -0.497 e. The SMILES string of the molecule is COc1ccc(C(=O)Cc2ccc(C)cc2)cc1. The molecule has 0 heterocycles. The van der Waals surface area contributed by atoms with E-state index < -0.39 is 0 Å². The predicted molar refractivity (Wildman–Crippen MR) is 72.2 cm³/mol. The summed E-state index contributed by atoms with van der Waals surface area (Å²) in [5, 5.41) is 0. The zero-order chi connectivity index (χ0) is 13.0. The van der Waals surface area contributed by atoms with Crippen LogP contribution in [0.2, 0.25) is 0 Å². The maximum absolute atomic E-state index is 12.1. The molecule has 0 aliphatic rings. The first-order chi connectivity index (χ1) is 8.69. The van der Waals surface area contributed by atoms with Crippen molar-refractivity contribution in [1.82, 2.24) is 0 Å². The third-order valence-electron chi connectivity index (χ3n) is 2.90. The van der Waals surface area contributed by atoms with Crippen LogP contribution in [0.5, 0.6) is 5.75 Å². The Kier molecular flexibility index (Phi) is 3.78. The number of hydrogen-bond donors (Lipinski definition) is 0. The lowest BCUT2D eigenvalue weighted by molar-refractivity contribution is 0.0993. The van der Waals surface area contributed by atoms with E-state index in [-0.39, 0.29) is 5.78 Å². The summed E-state index contributed by atoms with van der Waals surface area (Å²) in [7, 11) is 1.61. The molecule has 92 valence electrons. The van der Waals surface area contributed by atoms with Crippen LogP contribution in [0, 0.1) is 6.92 Å². The molecule has 0 aliphatic heterocycles. The van der Waals surface area contributed by atoms with Crippen LogP contribution in [-0.4, -0.2) is 12.9 Å². The Morgan fingerprint density at radius 2 is 1.61 bits per heavy atom. The number of ketones is 1. The summed E-state index contributed by atoms with van der Waals surface area (Å²) < 4.78 is 5.07. The van der Waals surface area contributed by atoms with Crippen molar-refractivity contribution in [3.05, 3.63) is 65.2 Å². The van der Waals surface area contributed by atoms with Crippen LogP contribution in [0.4, 0.5) is 0 Å². The van der Waals surface area contributed by atoms with Crippen LogP contribution in [0.25, 0.3) is 0 Å². The molecule has 0 aromatic heterocycles. The summed E-state index contributed by atoms with van der Waals surface area (Å²) in [4.78, 5) is 12.1. The molecule has 0 N–H and O–H groups in total. The maximum Gasteiger partial charge on any atom is 0.167 e. The van der Waals surface area contributed by atoms with Gasteiger partial charge in [-0.3, -0.25) is 4.79 Å². The average molecular weight is 240 g/mol. The molecule has 0 bridgehead atoms. The minimum absolute atomic E-state index is 0.126.